The molecule has 2 aromatic carbocycles. The monoisotopic (exact) mass is 307 g/mol. The van der Waals surface area contributed by atoms with Gasteiger partial charge in [0.25, 0.3) is 0 Å². The van der Waals surface area contributed by atoms with Gasteiger partial charge in [0.2, 0.25) is 0 Å². The zero-order valence-electron chi connectivity index (χ0n) is 12.9. The number of aromatic nitrogens is 1. The highest BCUT2D eigenvalue weighted by molar-refractivity contribution is 5.86. The van der Waals surface area contributed by atoms with E-state index in [4.69, 9.17) is 4.74 Å². The number of ether oxygens (including phenoxy) is 1. The minimum atomic E-state index is 0.0585. The highest BCUT2D eigenvalue weighted by Gasteiger charge is 2.05. The molecule has 0 saturated heterocycles. The van der Waals surface area contributed by atoms with Gasteiger partial charge in [-0.25, -0.2) is 4.98 Å². The summed E-state index contributed by atoms with van der Waals surface area (Å²) >= 11 is 0. The first-order valence-corrected chi connectivity index (χ1v) is 7.20. The van der Waals surface area contributed by atoms with Gasteiger partial charge in [-0.1, -0.05) is 24.3 Å². The van der Waals surface area contributed by atoms with Gasteiger partial charge < -0.3 is 9.84 Å². The lowest BCUT2D eigenvalue weighted by atomic mass is 10.1. The van der Waals surface area contributed by atoms with E-state index in [0.717, 1.165) is 16.5 Å². The molecule has 0 bridgehead atoms. The van der Waals surface area contributed by atoms with Gasteiger partial charge in [0.1, 0.15) is 5.82 Å². The van der Waals surface area contributed by atoms with Crippen LogP contribution in [0.2, 0.25) is 0 Å². The summed E-state index contributed by atoms with van der Waals surface area (Å²) in [5.74, 6) is 1.12. The summed E-state index contributed by atoms with van der Waals surface area (Å²) < 4.78 is 5.07. The van der Waals surface area contributed by atoms with Gasteiger partial charge >= 0.3 is 0 Å². The van der Waals surface area contributed by atoms with Crippen molar-refractivity contribution in [3.63, 3.8) is 0 Å². The molecular weight excluding hydrogens is 290 g/mol. The number of hydrogen-bond acceptors (Lipinski definition) is 5. The lowest BCUT2D eigenvalue weighted by Crippen LogP contribution is -1.96. The summed E-state index contributed by atoms with van der Waals surface area (Å²) in [7, 11) is 1.51. The van der Waals surface area contributed by atoms with E-state index >= 15 is 0 Å². The maximum absolute atomic E-state index is 10.0. The van der Waals surface area contributed by atoms with E-state index in [1.807, 2.05) is 37.3 Å². The molecule has 5 nitrogen and oxygen atoms in total. The Balaban J connectivity index is 1.83. The second kappa shape index (κ2) is 6.36. The first-order valence-electron chi connectivity index (χ1n) is 7.20. The lowest BCUT2D eigenvalue weighted by Gasteiger charge is -2.06. The third-order valence-corrected chi connectivity index (χ3v) is 3.56. The van der Waals surface area contributed by atoms with E-state index < -0.39 is 0 Å². The first kappa shape index (κ1) is 14.8. The molecule has 23 heavy (non-hydrogen) atoms. The number of methoxy groups -OCH3 is 1. The molecule has 0 saturated carbocycles. The molecule has 0 aliphatic carbocycles. The summed E-state index contributed by atoms with van der Waals surface area (Å²) in [6.07, 6.45) is 1.53. The Labute approximate surface area is 134 Å². The Morgan fingerprint density at radius 1 is 1.17 bits per heavy atom. The number of pyridine rings is 1. The second-order valence-electron chi connectivity index (χ2n) is 5.11. The van der Waals surface area contributed by atoms with Crippen LogP contribution in [0.1, 0.15) is 11.1 Å². The van der Waals surface area contributed by atoms with Gasteiger partial charge in [0.05, 0.1) is 18.8 Å². The predicted octanol–water partition coefficient (Wildman–Crippen LogP) is 3.70. The van der Waals surface area contributed by atoms with Gasteiger partial charge in [-0.2, -0.15) is 5.10 Å². The summed E-state index contributed by atoms with van der Waals surface area (Å²) in [6.45, 7) is 2.03. The van der Waals surface area contributed by atoms with Crippen molar-refractivity contribution in [2.24, 2.45) is 5.10 Å². The molecule has 5 heteroatoms. The largest absolute Gasteiger partial charge is 0.504 e. The first-order chi connectivity index (χ1) is 11.2. The number of rotatable bonds is 4. The smallest absolute Gasteiger partial charge is 0.166 e. The zero-order chi connectivity index (χ0) is 16.2. The number of nitrogens with zero attached hydrogens (tertiary/aromatic N) is 2. The molecule has 0 fully saturated rings. The SMILES string of the molecule is COc1cccc(C=NNc2cc(C)c3ccccc3n2)c1O. The van der Waals surface area contributed by atoms with Crippen LogP contribution in [0, 0.1) is 6.92 Å². The number of para-hydroxylation sites is 2. The Morgan fingerprint density at radius 3 is 2.83 bits per heavy atom. The number of benzene rings is 2. The number of fused-ring (bicyclic) bond motifs is 1. The Hall–Kier alpha value is -3.08. The van der Waals surface area contributed by atoms with Gasteiger partial charge in [0, 0.05) is 10.9 Å². The number of hydrogen-bond donors (Lipinski definition) is 2. The molecule has 0 spiro atoms. The second-order valence-corrected chi connectivity index (χ2v) is 5.11. The van der Waals surface area contributed by atoms with E-state index in [0.29, 0.717) is 17.1 Å². The van der Waals surface area contributed by atoms with Crippen LogP contribution in [0.25, 0.3) is 10.9 Å². The minimum Gasteiger partial charge on any atom is -0.504 e. The molecule has 0 aliphatic heterocycles. The number of aromatic hydroxyl groups is 1. The van der Waals surface area contributed by atoms with Gasteiger partial charge in [0.15, 0.2) is 11.5 Å². The van der Waals surface area contributed by atoms with Crippen molar-refractivity contribution in [3.8, 4) is 11.5 Å². The normalized spacial score (nSPS) is 11.0. The molecule has 0 unspecified atom stereocenters. The maximum Gasteiger partial charge on any atom is 0.166 e. The molecule has 116 valence electrons. The van der Waals surface area contributed by atoms with E-state index in [2.05, 4.69) is 15.5 Å². The van der Waals surface area contributed by atoms with Gasteiger partial charge in [-0.05, 0) is 36.8 Å². The standard InChI is InChI=1S/C18H17N3O2/c1-12-10-17(20-15-8-4-3-7-14(12)15)21-19-11-13-6-5-9-16(23-2)18(13)22/h3-11,22H,1-2H3,(H,20,21). The predicted molar refractivity (Wildman–Crippen MR) is 92.4 cm³/mol. The van der Waals surface area contributed by atoms with Crippen LogP contribution in [0.3, 0.4) is 0 Å². The van der Waals surface area contributed by atoms with Crippen LogP contribution in [0.4, 0.5) is 5.82 Å². The number of phenolic OH excluding ortho intramolecular Hbond substituents is 1. The van der Waals surface area contributed by atoms with Gasteiger partial charge in [-0.3, -0.25) is 5.43 Å². The van der Waals surface area contributed by atoms with Crippen LogP contribution in [-0.2, 0) is 0 Å². The maximum atomic E-state index is 10.0. The van der Waals surface area contributed by atoms with Crippen molar-refractivity contribution in [1.29, 1.82) is 0 Å². The van der Waals surface area contributed by atoms with Crippen molar-refractivity contribution in [3.05, 3.63) is 59.7 Å². The van der Waals surface area contributed by atoms with E-state index in [-0.39, 0.29) is 5.75 Å². The zero-order valence-corrected chi connectivity index (χ0v) is 12.9. The van der Waals surface area contributed by atoms with E-state index in [9.17, 15) is 5.11 Å². The Kier molecular flexibility index (Phi) is 4.10. The van der Waals surface area contributed by atoms with E-state index in [1.165, 1.54) is 13.3 Å². The number of hydrazone groups is 1. The average molecular weight is 307 g/mol. The molecule has 1 aromatic heterocycles. The Morgan fingerprint density at radius 2 is 2.00 bits per heavy atom. The summed E-state index contributed by atoms with van der Waals surface area (Å²) in [6, 6.07) is 15.1. The fraction of sp³-hybridized carbons (Fsp3) is 0.111. The van der Waals surface area contributed by atoms with Crippen molar-refractivity contribution in [2.75, 3.05) is 12.5 Å². The van der Waals surface area contributed by atoms with Crippen LogP contribution < -0.4 is 10.2 Å². The van der Waals surface area contributed by atoms with Crippen molar-refractivity contribution in [2.45, 2.75) is 6.92 Å². The third kappa shape index (κ3) is 3.08. The highest BCUT2D eigenvalue weighted by Crippen LogP contribution is 2.28. The molecule has 3 rings (SSSR count). The van der Waals surface area contributed by atoms with Gasteiger partial charge in [-0.15, -0.1) is 0 Å². The molecule has 1 heterocycles. The van der Waals surface area contributed by atoms with Crippen LogP contribution in [0.15, 0.2) is 53.6 Å². The molecule has 0 atom stereocenters. The molecule has 0 radical (unpaired) electrons. The molecule has 0 aliphatic rings. The number of phenols is 1. The van der Waals surface area contributed by atoms with Crippen LogP contribution in [-0.4, -0.2) is 23.4 Å². The van der Waals surface area contributed by atoms with E-state index in [1.54, 1.807) is 18.2 Å². The van der Waals surface area contributed by atoms with Crippen molar-refractivity contribution >= 4 is 22.9 Å². The summed E-state index contributed by atoms with van der Waals surface area (Å²) in [5, 5.41) is 15.3. The topological polar surface area (TPSA) is 66.7 Å². The average Bonchev–Trinajstić information content (AvgIpc) is 2.56. The van der Waals surface area contributed by atoms with Crippen LogP contribution in [0.5, 0.6) is 11.5 Å². The summed E-state index contributed by atoms with van der Waals surface area (Å²) in [4.78, 5) is 4.51. The highest BCUT2D eigenvalue weighted by atomic mass is 16.5. The molecule has 3 aromatic rings. The van der Waals surface area contributed by atoms with Crippen molar-refractivity contribution < 1.29 is 9.84 Å². The molecular formula is C18H17N3O2. The fourth-order valence-corrected chi connectivity index (χ4v) is 2.38. The number of anilines is 1. The fourth-order valence-electron chi connectivity index (χ4n) is 2.38. The lowest BCUT2D eigenvalue weighted by molar-refractivity contribution is 0.373. The van der Waals surface area contributed by atoms with Crippen LogP contribution >= 0.6 is 0 Å². The number of aryl methyl sites for hydroxylation is 1. The Bertz CT molecular complexity index is 875. The quantitative estimate of drug-likeness (QED) is 0.569. The summed E-state index contributed by atoms with van der Waals surface area (Å²) in [5.41, 5.74) is 5.50. The van der Waals surface area contributed by atoms with Crippen molar-refractivity contribution in [1.82, 2.24) is 4.98 Å². The molecule has 2 N–H and O–H groups in total. The third-order valence-electron chi connectivity index (χ3n) is 3.56. The molecule has 0 amide bonds. The minimum absolute atomic E-state index is 0.0585. The number of nitrogens with one attached hydrogen (secondary N) is 1.